The molecule has 1 N–H and O–H groups in total. The fraction of sp³-hybridized carbons (Fsp3) is 0.0909. The van der Waals surface area contributed by atoms with E-state index in [9.17, 15) is 4.79 Å². The van der Waals surface area contributed by atoms with Crippen molar-refractivity contribution in [2.45, 2.75) is 0 Å². The molecule has 2 rings (SSSR count). The van der Waals surface area contributed by atoms with Gasteiger partial charge in [0.15, 0.2) is 0 Å². The van der Waals surface area contributed by atoms with Crippen LogP contribution in [0.3, 0.4) is 0 Å². The zero-order valence-corrected chi connectivity index (χ0v) is 10.5. The maximum atomic E-state index is 10.9. The van der Waals surface area contributed by atoms with Crippen molar-refractivity contribution in [3.63, 3.8) is 0 Å². The summed E-state index contributed by atoms with van der Waals surface area (Å²) in [6.45, 7) is 0. The van der Waals surface area contributed by atoms with Gasteiger partial charge < -0.3 is 9.84 Å². The Bertz CT molecular complexity index is 566. The van der Waals surface area contributed by atoms with E-state index in [2.05, 4.69) is 21.0 Å². The molecule has 0 saturated carbocycles. The Kier molecular flexibility index (Phi) is 3.14. The summed E-state index contributed by atoms with van der Waals surface area (Å²) in [4.78, 5) is 10.9. The zero-order valence-electron chi connectivity index (χ0n) is 8.92. The van der Waals surface area contributed by atoms with Gasteiger partial charge in [-0.3, -0.25) is 0 Å². The molecule has 17 heavy (non-hydrogen) atoms. The maximum absolute atomic E-state index is 10.9. The van der Waals surface area contributed by atoms with Crippen LogP contribution in [-0.2, 0) is 0 Å². The molecule has 0 fully saturated rings. The van der Waals surface area contributed by atoms with Gasteiger partial charge >= 0.3 is 5.97 Å². The van der Waals surface area contributed by atoms with E-state index in [1.165, 1.54) is 10.9 Å². The number of benzene rings is 1. The Morgan fingerprint density at radius 2 is 2.29 bits per heavy atom. The number of aromatic carboxylic acids is 1. The Morgan fingerprint density at radius 3 is 2.88 bits per heavy atom. The second-order valence-corrected chi connectivity index (χ2v) is 4.02. The number of aromatic nitrogens is 2. The van der Waals surface area contributed by atoms with Crippen molar-refractivity contribution in [2.24, 2.45) is 0 Å². The standard InChI is InChI=1S/C11H9BrN2O3/c1-17-8-4-2-3-7(5-8)14-10(12)9(6-13-14)11(15)16/h2-6H,1H3,(H,15,16). The van der Waals surface area contributed by atoms with Gasteiger partial charge in [-0.25, -0.2) is 9.48 Å². The molecule has 88 valence electrons. The topological polar surface area (TPSA) is 64.4 Å². The van der Waals surface area contributed by atoms with Crippen LogP contribution >= 0.6 is 15.9 Å². The molecule has 0 amide bonds. The molecule has 1 aromatic carbocycles. The number of rotatable bonds is 3. The normalized spacial score (nSPS) is 10.2. The monoisotopic (exact) mass is 296 g/mol. The first-order valence-electron chi connectivity index (χ1n) is 4.74. The summed E-state index contributed by atoms with van der Waals surface area (Å²) in [5.41, 5.74) is 0.844. The molecule has 0 aliphatic carbocycles. The van der Waals surface area contributed by atoms with Crippen LogP contribution in [-0.4, -0.2) is 28.0 Å². The predicted octanol–water partition coefficient (Wildman–Crippen LogP) is 2.34. The lowest BCUT2D eigenvalue weighted by Crippen LogP contribution is -1.99. The molecule has 0 aliphatic heterocycles. The smallest absolute Gasteiger partial charge is 0.340 e. The third-order valence-electron chi connectivity index (χ3n) is 2.24. The molecule has 0 unspecified atom stereocenters. The molecule has 0 spiro atoms. The fourth-order valence-corrected chi connectivity index (χ4v) is 1.97. The molecule has 1 heterocycles. The molecule has 2 aromatic rings. The number of nitrogens with zero attached hydrogens (tertiary/aromatic N) is 2. The van der Waals surface area contributed by atoms with Gasteiger partial charge in [-0.05, 0) is 28.1 Å². The number of carboxylic acid groups (broad SMARTS) is 1. The number of carbonyl (C=O) groups is 1. The minimum Gasteiger partial charge on any atom is -0.497 e. The third-order valence-corrected chi connectivity index (χ3v) is 3.00. The van der Waals surface area contributed by atoms with Crippen LogP contribution in [0.15, 0.2) is 35.1 Å². The summed E-state index contributed by atoms with van der Waals surface area (Å²) >= 11 is 3.21. The average molecular weight is 297 g/mol. The van der Waals surface area contributed by atoms with Crippen molar-refractivity contribution in [1.82, 2.24) is 9.78 Å². The lowest BCUT2D eigenvalue weighted by Gasteiger charge is -2.05. The van der Waals surface area contributed by atoms with Crippen LogP contribution in [0.25, 0.3) is 5.69 Å². The molecular formula is C11H9BrN2O3. The maximum Gasteiger partial charge on any atom is 0.340 e. The molecule has 0 radical (unpaired) electrons. The number of hydrogen-bond acceptors (Lipinski definition) is 3. The average Bonchev–Trinajstić information content (AvgIpc) is 2.71. The molecule has 0 saturated heterocycles. The van der Waals surface area contributed by atoms with Gasteiger partial charge in [-0.15, -0.1) is 0 Å². The van der Waals surface area contributed by atoms with Crippen LogP contribution < -0.4 is 4.74 Å². The fourth-order valence-electron chi connectivity index (χ4n) is 1.40. The highest BCUT2D eigenvalue weighted by Gasteiger charge is 2.15. The first-order chi connectivity index (χ1) is 8.13. The van der Waals surface area contributed by atoms with Gasteiger partial charge in [0, 0.05) is 6.07 Å². The molecule has 0 aliphatic rings. The molecule has 5 nitrogen and oxygen atoms in total. The Morgan fingerprint density at radius 1 is 1.53 bits per heavy atom. The van der Waals surface area contributed by atoms with Crippen molar-refractivity contribution in [2.75, 3.05) is 7.11 Å². The number of methoxy groups -OCH3 is 1. The minimum atomic E-state index is -1.02. The summed E-state index contributed by atoms with van der Waals surface area (Å²) in [5.74, 6) is -0.340. The van der Waals surface area contributed by atoms with Crippen molar-refractivity contribution < 1.29 is 14.6 Å². The van der Waals surface area contributed by atoms with E-state index in [0.717, 1.165) is 5.69 Å². The van der Waals surface area contributed by atoms with Gasteiger partial charge in [0.1, 0.15) is 15.9 Å². The molecular weight excluding hydrogens is 288 g/mol. The summed E-state index contributed by atoms with van der Waals surface area (Å²) in [6.07, 6.45) is 1.30. The van der Waals surface area contributed by atoms with Gasteiger partial charge in [0.25, 0.3) is 0 Å². The van der Waals surface area contributed by atoms with Gasteiger partial charge in [0.05, 0.1) is 19.0 Å². The quantitative estimate of drug-likeness (QED) is 0.944. The van der Waals surface area contributed by atoms with Crippen LogP contribution in [0.4, 0.5) is 0 Å². The van der Waals surface area contributed by atoms with Gasteiger partial charge in [0.2, 0.25) is 0 Å². The molecule has 0 bridgehead atoms. The lowest BCUT2D eigenvalue weighted by atomic mass is 10.3. The minimum absolute atomic E-state index is 0.118. The summed E-state index contributed by atoms with van der Waals surface area (Å²) in [7, 11) is 1.57. The van der Waals surface area contributed by atoms with Crippen LogP contribution in [0.2, 0.25) is 0 Å². The Hall–Kier alpha value is -1.82. The first-order valence-corrected chi connectivity index (χ1v) is 5.54. The highest BCUT2D eigenvalue weighted by molar-refractivity contribution is 9.10. The third kappa shape index (κ3) is 2.16. The predicted molar refractivity (Wildman–Crippen MR) is 64.8 cm³/mol. The van der Waals surface area contributed by atoms with E-state index in [4.69, 9.17) is 9.84 Å². The number of hydrogen-bond donors (Lipinski definition) is 1. The van der Waals surface area contributed by atoms with E-state index in [1.54, 1.807) is 19.2 Å². The first kappa shape index (κ1) is 11.7. The SMILES string of the molecule is COc1cccc(-n2ncc(C(=O)O)c2Br)c1. The number of carboxylic acids is 1. The van der Waals surface area contributed by atoms with E-state index < -0.39 is 5.97 Å². The van der Waals surface area contributed by atoms with E-state index in [0.29, 0.717) is 10.4 Å². The van der Waals surface area contributed by atoms with Crippen LogP contribution in [0.5, 0.6) is 5.75 Å². The second-order valence-electron chi connectivity index (χ2n) is 3.27. The second kappa shape index (κ2) is 4.58. The summed E-state index contributed by atoms with van der Waals surface area (Å²) < 4.78 is 6.99. The van der Waals surface area contributed by atoms with Gasteiger partial charge in [-0.1, -0.05) is 6.07 Å². The molecule has 6 heteroatoms. The number of ether oxygens (including phenoxy) is 1. The van der Waals surface area contributed by atoms with Gasteiger partial charge in [-0.2, -0.15) is 5.10 Å². The molecule has 0 atom stereocenters. The lowest BCUT2D eigenvalue weighted by molar-refractivity contribution is 0.0696. The zero-order chi connectivity index (χ0) is 12.4. The summed E-state index contributed by atoms with van der Waals surface area (Å²) in [5, 5.41) is 12.9. The van der Waals surface area contributed by atoms with Crippen molar-refractivity contribution in [3.05, 3.63) is 40.6 Å². The highest BCUT2D eigenvalue weighted by atomic mass is 79.9. The molecule has 1 aromatic heterocycles. The Balaban J connectivity index is 2.49. The number of halogens is 1. The summed E-state index contributed by atoms with van der Waals surface area (Å²) in [6, 6.07) is 7.19. The van der Waals surface area contributed by atoms with E-state index >= 15 is 0 Å². The van der Waals surface area contributed by atoms with Crippen LogP contribution in [0, 0.1) is 0 Å². The highest BCUT2D eigenvalue weighted by Crippen LogP contribution is 2.23. The van der Waals surface area contributed by atoms with Crippen LogP contribution in [0.1, 0.15) is 10.4 Å². The Labute approximate surface area is 106 Å². The van der Waals surface area contributed by atoms with Crippen molar-refractivity contribution in [3.8, 4) is 11.4 Å². The van der Waals surface area contributed by atoms with Crippen molar-refractivity contribution in [1.29, 1.82) is 0 Å². The largest absolute Gasteiger partial charge is 0.497 e. The van der Waals surface area contributed by atoms with Crippen molar-refractivity contribution >= 4 is 21.9 Å². The van der Waals surface area contributed by atoms with E-state index in [-0.39, 0.29) is 5.56 Å². The van der Waals surface area contributed by atoms with E-state index in [1.807, 2.05) is 12.1 Å².